The highest BCUT2D eigenvalue weighted by Crippen LogP contribution is 2.02. The van der Waals surface area contributed by atoms with E-state index < -0.39 is 32.9 Å². The summed E-state index contributed by atoms with van der Waals surface area (Å²) in [7, 11) is -10.5. The fourth-order valence-corrected chi connectivity index (χ4v) is 1.58. The summed E-state index contributed by atoms with van der Waals surface area (Å²) in [5, 5.41) is 8.48. The van der Waals surface area contributed by atoms with E-state index in [0.717, 1.165) is 6.92 Å². The van der Waals surface area contributed by atoms with Crippen LogP contribution in [0.3, 0.4) is 0 Å². The van der Waals surface area contributed by atoms with Gasteiger partial charge in [-0.05, 0) is 6.92 Å². The first kappa shape index (κ1) is 13.2. The molecule has 9 nitrogen and oxygen atoms in total. The van der Waals surface area contributed by atoms with Gasteiger partial charge in [-0.1, -0.05) is 3.63 Å². The quantitative estimate of drug-likeness (QED) is 0.539. The zero-order valence-electron chi connectivity index (χ0n) is 6.65. The smallest absolute Gasteiger partial charge is 0.382 e. The van der Waals surface area contributed by atoms with Crippen LogP contribution < -0.4 is 0 Å². The molecule has 0 heterocycles. The van der Waals surface area contributed by atoms with Crippen molar-refractivity contribution in [1.29, 1.82) is 0 Å². The molecular formula is C3H6O9S2. The molecule has 0 saturated heterocycles. The average Bonchev–Trinajstić information content (AvgIpc) is 1.78. The molecule has 1 atom stereocenters. The molecule has 0 aromatic heterocycles. The van der Waals surface area contributed by atoms with Crippen molar-refractivity contribution in [3.8, 4) is 0 Å². The van der Waals surface area contributed by atoms with E-state index in [4.69, 9.17) is 9.66 Å². The Bertz CT molecular complexity index is 399. The van der Waals surface area contributed by atoms with E-state index in [1.165, 1.54) is 0 Å². The normalized spacial score (nSPS) is 14.8. The summed E-state index contributed by atoms with van der Waals surface area (Å²) >= 11 is 0. The molecule has 0 aliphatic carbocycles. The van der Waals surface area contributed by atoms with Crippen molar-refractivity contribution in [2.24, 2.45) is 0 Å². The van der Waals surface area contributed by atoms with Gasteiger partial charge >= 0.3 is 26.8 Å². The Morgan fingerprint density at radius 3 is 2.00 bits per heavy atom. The third kappa shape index (κ3) is 5.82. The van der Waals surface area contributed by atoms with Gasteiger partial charge in [-0.3, -0.25) is 4.55 Å². The van der Waals surface area contributed by atoms with Gasteiger partial charge in [-0.15, -0.1) is 0 Å². The zero-order valence-corrected chi connectivity index (χ0v) is 8.28. The molecule has 0 aliphatic heterocycles. The van der Waals surface area contributed by atoms with Crippen LogP contribution in [0.25, 0.3) is 0 Å². The first-order valence-electron chi connectivity index (χ1n) is 2.88. The monoisotopic (exact) mass is 250 g/mol. The first-order chi connectivity index (χ1) is 6.03. The lowest BCUT2D eigenvalue weighted by Gasteiger charge is -2.04. The maximum atomic E-state index is 10.4. The molecule has 0 aliphatic rings. The lowest BCUT2D eigenvalue weighted by Crippen LogP contribution is -2.25. The third-order valence-corrected chi connectivity index (χ3v) is 2.42. The molecule has 2 N–H and O–H groups in total. The van der Waals surface area contributed by atoms with E-state index in [-0.39, 0.29) is 0 Å². The molecule has 0 rings (SSSR count). The van der Waals surface area contributed by atoms with Gasteiger partial charge < -0.3 is 9.29 Å². The molecule has 0 saturated carbocycles. The standard InChI is InChI=1S/C3H6O9S2/c1-2(4)3(5)11-14(9,10)12-13(6,7)8/h2,4H,1H3,(H,6,7,8). The second-order valence-corrected chi connectivity index (χ2v) is 4.37. The highest BCUT2D eigenvalue weighted by Gasteiger charge is 2.27. The summed E-state index contributed by atoms with van der Waals surface area (Å²) in [6, 6.07) is 0. The van der Waals surface area contributed by atoms with Crippen molar-refractivity contribution >= 4 is 26.8 Å². The van der Waals surface area contributed by atoms with Crippen LogP contribution in [0.4, 0.5) is 0 Å². The molecule has 0 amide bonds. The Morgan fingerprint density at radius 2 is 1.71 bits per heavy atom. The summed E-state index contributed by atoms with van der Waals surface area (Å²) in [6.07, 6.45) is -1.78. The second kappa shape index (κ2) is 4.18. The van der Waals surface area contributed by atoms with Crippen LogP contribution in [0, 0.1) is 0 Å². The van der Waals surface area contributed by atoms with E-state index in [9.17, 15) is 21.6 Å². The van der Waals surface area contributed by atoms with Crippen molar-refractivity contribution in [3.05, 3.63) is 0 Å². The Morgan fingerprint density at radius 1 is 1.29 bits per heavy atom. The summed E-state index contributed by atoms with van der Waals surface area (Å²) < 4.78 is 55.0. The summed E-state index contributed by atoms with van der Waals surface area (Å²) in [5.41, 5.74) is 0. The Kier molecular flexibility index (Phi) is 3.96. The number of carbonyl (C=O) groups is 1. The van der Waals surface area contributed by atoms with Crippen molar-refractivity contribution in [2.45, 2.75) is 13.0 Å². The molecule has 0 bridgehead atoms. The molecule has 84 valence electrons. The van der Waals surface area contributed by atoms with Gasteiger partial charge in [0, 0.05) is 0 Å². The predicted octanol–water partition coefficient (Wildman–Crippen LogP) is -2.03. The van der Waals surface area contributed by atoms with E-state index >= 15 is 0 Å². The largest absolute Gasteiger partial charge is 0.468 e. The van der Waals surface area contributed by atoms with Crippen LogP contribution in [0.2, 0.25) is 0 Å². The topological polar surface area (TPSA) is 144 Å². The van der Waals surface area contributed by atoms with Crippen molar-refractivity contribution in [1.82, 2.24) is 0 Å². The molecule has 0 radical (unpaired) electrons. The van der Waals surface area contributed by atoms with Gasteiger partial charge in [0.25, 0.3) is 0 Å². The lowest BCUT2D eigenvalue weighted by molar-refractivity contribution is -0.142. The number of carbonyl (C=O) groups excluding carboxylic acids is 1. The highest BCUT2D eigenvalue weighted by molar-refractivity contribution is 7.95. The van der Waals surface area contributed by atoms with E-state index in [1.807, 2.05) is 0 Å². The molecule has 1 unspecified atom stereocenters. The predicted molar refractivity (Wildman–Crippen MR) is 39.3 cm³/mol. The van der Waals surface area contributed by atoms with Gasteiger partial charge in [0.15, 0.2) is 0 Å². The molecule has 14 heavy (non-hydrogen) atoms. The molecule has 0 spiro atoms. The van der Waals surface area contributed by atoms with Crippen LogP contribution >= 0.6 is 0 Å². The van der Waals surface area contributed by atoms with Crippen molar-refractivity contribution in [3.63, 3.8) is 0 Å². The average molecular weight is 250 g/mol. The zero-order chi connectivity index (χ0) is 11.6. The van der Waals surface area contributed by atoms with Gasteiger partial charge in [0.1, 0.15) is 6.10 Å². The van der Waals surface area contributed by atoms with Crippen LogP contribution in [-0.4, -0.2) is 38.6 Å². The van der Waals surface area contributed by atoms with Crippen molar-refractivity contribution in [2.75, 3.05) is 0 Å². The maximum Gasteiger partial charge on any atom is 0.468 e. The van der Waals surface area contributed by atoms with Gasteiger partial charge in [0.2, 0.25) is 0 Å². The van der Waals surface area contributed by atoms with Gasteiger partial charge in [-0.2, -0.15) is 16.8 Å². The maximum absolute atomic E-state index is 10.4. The SMILES string of the molecule is CC(O)C(=O)OS(=O)(=O)OS(=O)(=O)O. The Hall–Kier alpha value is -0.750. The van der Waals surface area contributed by atoms with Crippen LogP contribution in [-0.2, 0) is 33.4 Å². The van der Waals surface area contributed by atoms with Gasteiger partial charge in [-0.25, -0.2) is 4.79 Å². The minimum Gasteiger partial charge on any atom is -0.382 e. The molecule has 11 heteroatoms. The van der Waals surface area contributed by atoms with Crippen molar-refractivity contribution < 1.29 is 39.1 Å². The molecule has 0 fully saturated rings. The number of hydrogen-bond donors (Lipinski definition) is 2. The van der Waals surface area contributed by atoms with Gasteiger partial charge in [0.05, 0.1) is 0 Å². The number of hydrogen-bond acceptors (Lipinski definition) is 8. The van der Waals surface area contributed by atoms with E-state index in [0.29, 0.717) is 0 Å². The summed E-state index contributed by atoms with van der Waals surface area (Å²) in [4.78, 5) is 10.4. The molecular weight excluding hydrogens is 244 g/mol. The minimum atomic E-state index is -5.30. The lowest BCUT2D eigenvalue weighted by atomic mass is 10.4. The first-order valence-corrected chi connectivity index (χ1v) is 5.58. The number of aliphatic hydroxyl groups is 1. The molecule has 0 aromatic carbocycles. The van der Waals surface area contributed by atoms with Crippen LogP contribution in [0.1, 0.15) is 6.92 Å². The number of rotatable bonds is 4. The Balaban J connectivity index is 4.62. The summed E-state index contributed by atoms with van der Waals surface area (Å²) in [5.74, 6) is -1.64. The Labute approximate surface area is 79.5 Å². The van der Waals surface area contributed by atoms with Crippen LogP contribution in [0.15, 0.2) is 0 Å². The minimum absolute atomic E-state index is 0.880. The third-order valence-electron chi connectivity index (χ3n) is 0.695. The summed E-state index contributed by atoms with van der Waals surface area (Å²) in [6.45, 7) is 0.880. The second-order valence-electron chi connectivity index (χ2n) is 1.98. The number of aliphatic hydroxyl groups excluding tert-OH is 1. The molecule has 0 aromatic rings. The fraction of sp³-hybridized carbons (Fsp3) is 0.667. The fourth-order valence-electron chi connectivity index (χ4n) is 0.289. The highest BCUT2D eigenvalue weighted by atomic mass is 32.3. The van der Waals surface area contributed by atoms with E-state index in [1.54, 1.807) is 0 Å². The van der Waals surface area contributed by atoms with Crippen LogP contribution in [0.5, 0.6) is 0 Å². The van der Waals surface area contributed by atoms with E-state index in [2.05, 4.69) is 7.81 Å².